The number of hydrogen-bond acceptors (Lipinski definition) is 4. The second-order valence-corrected chi connectivity index (χ2v) is 7.30. The summed E-state index contributed by atoms with van der Waals surface area (Å²) in [7, 11) is 0. The van der Waals surface area contributed by atoms with E-state index < -0.39 is 0 Å². The smallest absolute Gasteiger partial charge is 0.264 e. The van der Waals surface area contributed by atoms with E-state index in [9.17, 15) is 4.79 Å². The molecule has 0 N–H and O–H groups in total. The topological polar surface area (TPSA) is 50.5 Å². The van der Waals surface area contributed by atoms with Gasteiger partial charge in [-0.15, -0.1) is 11.3 Å². The molecule has 2 bridgehead atoms. The molecule has 0 radical (unpaired) electrons. The van der Waals surface area contributed by atoms with Crippen LogP contribution < -0.4 is 0 Å². The van der Waals surface area contributed by atoms with Gasteiger partial charge in [-0.2, -0.15) is 5.10 Å². The van der Waals surface area contributed by atoms with Gasteiger partial charge in [0.15, 0.2) is 5.65 Å². The Kier molecular flexibility index (Phi) is 2.68. The number of carbonyl (C=O) groups excluding carboxylic acids is 1. The number of aromatic nitrogens is 3. The van der Waals surface area contributed by atoms with E-state index in [2.05, 4.69) is 15.0 Å². The highest BCUT2D eigenvalue weighted by molar-refractivity contribution is 7.12. The standard InChI is InChI=1S/C17H16N4OS/c1-10-7-16-18-9-12-13-5-4-11(8-14(12)21(16)19-10)20(13)17(22)15-3-2-6-23-15/h2-3,6-7,9,11,13H,4-5,8H2,1H3/t11-,13+/m0/s1. The van der Waals surface area contributed by atoms with Gasteiger partial charge < -0.3 is 4.90 Å². The van der Waals surface area contributed by atoms with Crippen molar-refractivity contribution in [3.8, 4) is 0 Å². The summed E-state index contributed by atoms with van der Waals surface area (Å²) in [5, 5.41) is 6.56. The summed E-state index contributed by atoms with van der Waals surface area (Å²) in [6, 6.07) is 6.28. The zero-order chi connectivity index (χ0) is 15.6. The molecule has 3 aromatic rings. The van der Waals surface area contributed by atoms with E-state index in [1.54, 1.807) is 0 Å². The monoisotopic (exact) mass is 324 g/mol. The number of rotatable bonds is 1. The molecule has 2 aliphatic rings. The Bertz CT molecular complexity index is 914. The molecule has 0 unspecified atom stereocenters. The lowest BCUT2D eigenvalue weighted by atomic mass is 9.99. The number of thiophene rings is 1. The zero-order valence-electron chi connectivity index (χ0n) is 12.8. The molecule has 1 saturated heterocycles. The van der Waals surface area contributed by atoms with Crippen molar-refractivity contribution in [2.45, 2.75) is 38.3 Å². The average molecular weight is 324 g/mol. The predicted octanol–water partition coefficient (Wildman–Crippen LogP) is 3.00. The van der Waals surface area contributed by atoms with Gasteiger partial charge in [0.25, 0.3) is 5.91 Å². The van der Waals surface area contributed by atoms with Gasteiger partial charge in [-0.3, -0.25) is 4.79 Å². The Morgan fingerprint density at radius 2 is 2.30 bits per heavy atom. The largest absolute Gasteiger partial charge is 0.327 e. The normalized spacial score (nSPS) is 22.6. The lowest BCUT2D eigenvalue weighted by molar-refractivity contribution is 0.0648. The average Bonchev–Trinajstić information content (AvgIpc) is 3.25. The maximum absolute atomic E-state index is 12.9. The Balaban J connectivity index is 1.63. The van der Waals surface area contributed by atoms with Crippen LogP contribution in [0.1, 0.15) is 45.5 Å². The third-order valence-electron chi connectivity index (χ3n) is 4.99. The summed E-state index contributed by atoms with van der Waals surface area (Å²) in [5.41, 5.74) is 4.28. The fourth-order valence-corrected chi connectivity index (χ4v) is 4.71. The van der Waals surface area contributed by atoms with Gasteiger partial charge in [-0.25, -0.2) is 9.50 Å². The Hall–Kier alpha value is -2.21. The van der Waals surface area contributed by atoms with E-state index in [4.69, 9.17) is 0 Å². The molecule has 6 heteroatoms. The lowest BCUT2D eigenvalue weighted by Gasteiger charge is -2.35. The number of nitrogens with zero attached hydrogens (tertiary/aromatic N) is 4. The summed E-state index contributed by atoms with van der Waals surface area (Å²) in [4.78, 5) is 20.4. The highest BCUT2D eigenvalue weighted by atomic mass is 32.1. The molecule has 2 aliphatic heterocycles. The maximum Gasteiger partial charge on any atom is 0.264 e. The first-order chi connectivity index (χ1) is 11.2. The molecule has 1 amide bonds. The van der Waals surface area contributed by atoms with Crippen molar-refractivity contribution in [3.63, 3.8) is 0 Å². The summed E-state index contributed by atoms with van der Waals surface area (Å²) in [6.45, 7) is 1.99. The van der Waals surface area contributed by atoms with Gasteiger partial charge in [0.1, 0.15) is 0 Å². The highest BCUT2D eigenvalue weighted by Crippen LogP contribution is 2.44. The van der Waals surface area contributed by atoms with Crippen LogP contribution in [0.4, 0.5) is 0 Å². The van der Waals surface area contributed by atoms with E-state index >= 15 is 0 Å². The Labute approximate surface area is 137 Å². The molecule has 0 spiro atoms. The molecule has 0 saturated carbocycles. The number of fused-ring (bicyclic) bond motifs is 6. The minimum absolute atomic E-state index is 0.139. The van der Waals surface area contributed by atoms with Crippen molar-refractivity contribution in [1.82, 2.24) is 19.5 Å². The van der Waals surface area contributed by atoms with Crippen molar-refractivity contribution in [1.29, 1.82) is 0 Å². The molecule has 23 heavy (non-hydrogen) atoms. The van der Waals surface area contributed by atoms with Gasteiger partial charge in [0.2, 0.25) is 0 Å². The van der Waals surface area contributed by atoms with Crippen molar-refractivity contribution in [2.24, 2.45) is 0 Å². The van der Waals surface area contributed by atoms with E-state index in [0.717, 1.165) is 35.5 Å². The molecular formula is C17H16N4OS. The fraction of sp³-hybridized carbons (Fsp3) is 0.353. The SMILES string of the molecule is Cc1cc2ncc3c(n2n1)C[C@@H]1CC[C@H]3N1C(=O)c1cccs1. The third-order valence-corrected chi connectivity index (χ3v) is 5.85. The molecule has 0 aromatic carbocycles. The van der Waals surface area contributed by atoms with Crippen LogP contribution in [-0.2, 0) is 6.42 Å². The zero-order valence-corrected chi connectivity index (χ0v) is 13.6. The van der Waals surface area contributed by atoms with E-state index in [1.165, 1.54) is 22.6 Å². The van der Waals surface area contributed by atoms with Crippen LogP contribution in [0.2, 0.25) is 0 Å². The quantitative estimate of drug-likeness (QED) is 0.691. The molecule has 5 nitrogen and oxygen atoms in total. The number of carbonyl (C=O) groups is 1. The Morgan fingerprint density at radius 1 is 1.39 bits per heavy atom. The first kappa shape index (κ1) is 13.2. The predicted molar refractivity (Wildman–Crippen MR) is 87.7 cm³/mol. The summed E-state index contributed by atoms with van der Waals surface area (Å²) in [6.07, 6.45) is 4.89. The Morgan fingerprint density at radius 3 is 3.13 bits per heavy atom. The molecule has 3 aromatic heterocycles. The number of hydrogen-bond donors (Lipinski definition) is 0. The highest BCUT2D eigenvalue weighted by Gasteiger charge is 2.44. The number of aryl methyl sites for hydroxylation is 1. The molecule has 5 heterocycles. The van der Waals surface area contributed by atoms with Crippen molar-refractivity contribution in [2.75, 3.05) is 0 Å². The minimum atomic E-state index is 0.139. The first-order valence-electron chi connectivity index (χ1n) is 7.92. The van der Waals surface area contributed by atoms with Gasteiger partial charge in [-0.05, 0) is 31.2 Å². The minimum Gasteiger partial charge on any atom is -0.327 e. The summed E-state index contributed by atoms with van der Waals surface area (Å²) in [5.74, 6) is 0.162. The maximum atomic E-state index is 12.9. The number of amides is 1. The van der Waals surface area contributed by atoms with Crippen molar-refractivity contribution < 1.29 is 4.79 Å². The van der Waals surface area contributed by atoms with Crippen LogP contribution in [0.15, 0.2) is 29.8 Å². The second-order valence-electron chi connectivity index (χ2n) is 6.36. The third kappa shape index (κ3) is 1.81. The molecule has 5 rings (SSSR count). The molecule has 1 fully saturated rings. The summed E-state index contributed by atoms with van der Waals surface area (Å²) < 4.78 is 1.98. The van der Waals surface area contributed by atoms with E-state index in [1.807, 2.05) is 41.2 Å². The van der Waals surface area contributed by atoms with Gasteiger partial charge >= 0.3 is 0 Å². The van der Waals surface area contributed by atoms with Gasteiger partial charge in [0, 0.05) is 30.3 Å². The van der Waals surface area contributed by atoms with Crippen LogP contribution in [0, 0.1) is 6.92 Å². The van der Waals surface area contributed by atoms with Crippen LogP contribution in [0.5, 0.6) is 0 Å². The second kappa shape index (κ2) is 4.64. The molecule has 0 aliphatic carbocycles. The van der Waals surface area contributed by atoms with E-state index in [-0.39, 0.29) is 18.0 Å². The molecule has 116 valence electrons. The van der Waals surface area contributed by atoms with Crippen LogP contribution in [0.25, 0.3) is 5.65 Å². The van der Waals surface area contributed by atoms with Gasteiger partial charge in [0.05, 0.1) is 22.3 Å². The summed E-state index contributed by atoms with van der Waals surface area (Å²) >= 11 is 1.52. The van der Waals surface area contributed by atoms with Crippen LogP contribution in [-0.4, -0.2) is 31.4 Å². The molecular weight excluding hydrogens is 308 g/mol. The van der Waals surface area contributed by atoms with E-state index in [0.29, 0.717) is 0 Å². The lowest BCUT2D eigenvalue weighted by Crippen LogP contribution is -2.42. The van der Waals surface area contributed by atoms with Crippen molar-refractivity contribution >= 4 is 22.9 Å². The van der Waals surface area contributed by atoms with Crippen molar-refractivity contribution in [3.05, 3.63) is 51.6 Å². The molecule has 2 atom stereocenters. The fourth-order valence-electron chi connectivity index (χ4n) is 4.04. The van der Waals surface area contributed by atoms with Crippen LogP contribution in [0.3, 0.4) is 0 Å². The van der Waals surface area contributed by atoms with Crippen LogP contribution >= 0.6 is 11.3 Å². The van der Waals surface area contributed by atoms with Gasteiger partial charge in [-0.1, -0.05) is 6.07 Å². The first-order valence-corrected chi connectivity index (χ1v) is 8.80.